The predicted molar refractivity (Wildman–Crippen MR) is 105 cm³/mol. The van der Waals surface area contributed by atoms with Gasteiger partial charge >= 0.3 is 0 Å². The lowest BCUT2D eigenvalue weighted by Gasteiger charge is -2.03. The Morgan fingerprint density at radius 1 is 0.923 bits per heavy atom. The summed E-state index contributed by atoms with van der Waals surface area (Å²) in [6, 6.07) is 20.5. The van der Waals surface area contributed by atoms with E-state index in [4.69, 9.17) is 4.98 Å². The third-order valence-electron chi connectivity index (χ3n) is 4.13. The van der Waals surface area contributed by atoms with E-state index in [0.717, 1.165) is 41.1 Å². The fourth-order valence-electron chi connectivity index (χ4n) is 2.82. The normalized spacial score (nSPS) is 11.1. The fraction of sp³-hybridized carbons (Fsp3) is 0.200. The Kier molecular flexibility index (Phi) is 4.93. The lowest BCUT2D eigenvalue weighted by molar-refractivity contribution is 0.838. The van der Waals surface area contributed by atoms with Crippen LogP contribution in [0, 0.1) is 6.92 Å². The van der Waals surface area contributed by atoms with E-state index >= 15 is 0 Å². The number of aromatic nitrogens is 5. The smallest absolute Gasteiger partial charge is 0.211 e. The Balaban J connectivity index is 1.50. The highest BCUT2D eigenvalue weighted by molar-refractivity contribution is 7.99. The highest BCUT2D eigenvalue weighted by Crippen LogP contribution is 2.21. The van der Waals surface area contributed by atoms with E-state index < -0.39 is 0 Å². The molecule has 0 aliphatic rings. The minimum Gasteiger partial charge on any atom is -0.213 e. The molecule has 0 N–H and O–H groups in total. The number of aryl methyl sites for hydroxylation is 2. The SMILES string of the molecule is Cc1nn(-c2ccccc2)c2nc(SCCCc3ccccc3)nnc12. The topological polar surface area (TPSA) is 56.5 Å². The molecule has 0 aliphatic carbocycles. The minimum atomic E-state index is 0.697. The van der Waals surface area contributed by atoms with Crippen LogP contribution in [0.3, 0.4) is 0 Å². The molecule has 26 heavy (non-hydrogen) atoms. The minimum absolute atomic E-state index is 0.697. The van der Waals surface area contributed by atoms with Gasteiger partial charge in [-0.05, 0) is 37.5 Å². The summed E-state index contributed by atoms with van der Waals surface area (Å²) < 4.78 is 1.84. The average Bonchev–Trinajstić information content (AvgIpc) is 3.03. The van der Waals surface area contributed by atoms with Gasteiger partial charge in [-0.1, -0.05) is 60.3 Å². The van der Waals surface area contributed by atoms with Crippen LogP contribution in [0.15, 0.2) is 65.8 Å². The van der Waals surface area contributed by atoms with E-state index in [1.54, 1.807) is 11.8 Å². The molecular formula is C20H19N5S. The summed E-state index contributed by atoms with van der Waals surface area (Å²) in [5.74, 6) is 0.959. The monoisotopic (exact) mass is 361 g/mol. The first-order chi connectivity index (χ1) is 12.8. The first kappa shape index (κ1) is 16.7. The standard InChI is InChI=1S/C20H19N5S/c1-15-18-19(25(24-15)17-12-6-3-7-13-17)21-20(23-22-18)26-14-8-11-16-9-4-2-5-10-16/h2-7,9-10,12-13H,8,11,14H2,1H3. The number of para-hydroxylation sites is 1. The van der Waals surface area contributed by atoms with Crippen molar-refractivity contribution < 1.29 is 0 Å². The maximum absolute atomic E-state index is 4.71. The molecule has 0 atom stereocenters. The zero-order valence-electron chi connectivity index (χ0n) is 14.5. The number of nitrogens with zero attached hydrogens (tertiary/aromatic N) is 5. The third kappa shape index (κ3) is 3.60. The number of thioether (sulfide) groups is 1. The maximum Gasteiger partial charge on any atom is 0.211 e. The molecule has 130 valence electrons. The van der Waals surface area contributed by atoms with Crippen LogP contribution < -0.4 is 0 Å². The Bertz CT molecular complexity index is 999. The molecule has 0 saturated carbocycles. The van der Waals surface area contributed by atoms with Gasteiger partial charge in [-0.3, -0.25) is 0 Å². The molecule has 0 aliphatic heterocycles. The Labute approximate surface area is 156 Å². The fourth-order valence-corrected chi connectivity index (χ4v) is 3.55. The molecule has 0 amide bonds. The molecule has 0 radical (unpaired) electrons. The summed E-state index contributed by atoms with van der Waals surface area (Å²) in [7, 11) is 0. The van der Waals surface area contributed by atoms with Crippen molar-refractivity contribution in [2.45, 2.75) is 24.9 Å². The molecule has 0 fully saturated rings. The first-order valence-electron chi connectivity index (χ1n) is 8.63. The quantitative estimate of drug-likeness (QED) is 0.380. The van der Waals surface area contributed by atoms with E-state index in [9.17, 15) is 0 Å². The second kappa shape index (κ2) is 7.66. The second-order valence-electron chi connectivity index (χ2n) is 6.04. The van der Waals surface area contributed by atoms with Gasteiger partial charge < -0.3 is 0 Å². The Morgan fingerprint density at radius 2 is 1.65 bits per heavy atom. The summed E-state index contributed by atoms with van der Waals surface area (Å²) in [4.78, 5) is 4.71. The summed E-state index contributed by atoms with van der Waals surface area (Å²) in [5.41, 5.74) is 4.69. The molecule has 2 aromatic heterocycles. The summed E-state index contributed by atoms with van der Waals surface area (Å²) in [5, 5.41) is 13.9. The number of hydrogen-bond donors (Lipinski definition) is 0. The van der Waals surface area contributed by atoms with Crippen LogP contribution in [0.5, 0.6) is 0 Å². The van der Waals surface area contributed by atoms with Gasteiger partial charge in [-0.15, -0.1) is 10.2 Å². The number of rotatable bonds is 6. The first-order valence-corrected chi connectivity index (χ1v) is 9.62. The highest BCUT2D eigenvalue weighted by atomic mass is 32.2. The number of benzene rings is 2. The van der Waals surface area contributed by atoms with Crippen LogP contribution in [-0.2, 0) is 6.42 Å². The molecule has 0 spiro atoms. The highest BCUT2D eigenvalue weighted by Gasteiger charge is 2.13. The molecule has 5 nitrogen and oxygen atoms in total. The number of hydrogen-bond acceptors (Lipinski definition) is 5. The van der Waals surface area contributed by atoms with Crippen molar-refractivity contribution in [1.29, 1.82) is 0 Å². The predicted octanol–water partition coefficient (Wildman–Crippen LogP) is 4.24. The van der Waals surface area contributed by atoms with Crippen LogP contribution in [0.2, 0.25) is 0 Å². The van der Waals surface area contributed by atoms with Gasteiger partial charge in [0.25, 0.3) is 0 Å². The van der Waals surface area contributed by atoms with E-state index in [1.807, 2.05) is 48.0 Å². The van der Waals surface area contributed by atoms with Crippen LogP contribution in [0.4, 0.5) is 0 Å². The van der Waals surface area contributed by atoms with E-state index in [1.165, 1.54) is 5.56 Å². The lowest BCUT2D eigenvalue weighted by atomic mass is 10.1. The molecule has 6 heteroatoms. The van der Waals surface area contributed by atoms with Crippen molar-refractivity contribution in [3.8, 4) is 5.69 Å². The maximum atomic E-state index is 4.71. The van der Waals surface area contributed by atoms with E-state index in [-0.39, 0.29) is 0 Å². The van der Waals surface area contributed by atoms with Gasteiger partial charge in [0.15, 0.2) is 11.2 Å². The lowest BCUT2D eigenvalue weighted by Crippen LogP contribution is -2.00. The van der Waals surface area contributed by atoms with E-state index in [2.05, 4.69) is 39.6 Å². The Hall–Kier alpha value is -2.73. The van der Waals surface area contributed by atoms with Crippen molar-refractivity contribution in [1.82, 2.24) is 25.0 Å². The molecule has 2 heterocycles. The van der Waals surface area contributed by atoms with Gasteiger partial charge in [-0.2, -0.15) is 10.1 Å². The van der Waals surface area contributed by atoms with Crippen molar-refractivity contribution in [3.63, 3.8) is 0 Å². The zero-order chi connectivity index (χ0) is 17.8. The molecule has 4 aromatic rings. The van der Waals surface area contributed by atoms with Crippen molar-refractivity contribution >= 4 is 22.9 Å². The van der Waals surface area contributed by atoms with Gasteiger partial charge in [0.05, 0.1) is 11.4 Å². The van der Waals surface area contributed by atoms with Gasteiger partial charge in [-0.25, -0.2) is 4.68 Å². The molecule has 2 aromatic carbocycles. The van der Waals surface area contributed by atoms with Crippen LogP contribution in [0.1, 0.15) is 17.7 Å². The van der Waals surface area contributed by atoms with E-state index in [0.29, 0.717) is 5.16 Å². The molecule has 0 saturated heterocycles. The van der Waals surface area contributed by atoms with Crippen molar-refractivity contribution in [2.24, 2.45) is 0 Å². The second-order valence-corrected chi connectivity index (χ2v) is 7.10. The van der Waals surface area contributed by atoms with Gasteiger partial charge in [0, 0.05) is 5.75 Å². The van der Waals surface area contributed by atoms with Crippen molar-refractivity contribution in [3.05, 3.63) is 71.9 Å². The molecule has 0 unspecified atom stereocenters. The van der Waals surface area contributed by atoms with Crippen LogP contribution in [-0.4, -0.2) is 30.7 Å². The molecule has 4 rings (SSSR count). The van der Waals surface area contributed by atoms with Crippen LogP contribution >= 0.6 is 11.8 Å². The van der Waals surface area contributed by atoms with Crippen LogP contribution in [0.25, 0.3) is 16.9 Å². The average molecular weight is 361 g/mol. The number of fused-ring (bicyclic) bond motifs is 1. The zero-order valence-corrected chi connectivity index (χ0v) is 15.4. The summed E-state index contributed by atoms with van der Waals surface area (Å²) >= 11 is 1.64. The van der Waals surface area contributed by atoms with Gasteiger partial charge in [0.1, 0.15) is 0 Å². The summed E-state index contributed by atoms with van der Waals surface area (Å²) in [6.07, 6.45) is 2.14. The van der Waals surface area contributed by atoms with Gasteiger partial charge in [0.2, 0.25) is 5.16 Å². The van der Waals surface area contributed by atoms with Crippen molar-refractivity contribution in [2.75, 3.05) is 5.75 Å². The summed E-state index contributed by atoms with van der Waals surface area (Å²) in [6.45, 7) is 1.94. The molecular weight excluding hydrogens is 342 g/mol. The molecule has 0 bridgehead atoms. The third-order valence-corrected chi connectivity index (χ3v) is 5.05. The largest absolute Gasteiger partial charge is 0.213 e. The Morgan fingerprint density at radius 3 is 2.42 bits per heavy atom.